The van der Waals surface area contributed by atoms with E-state index in [1.807, 2.05) is 0 Å². The second kappa shape index (κ2) is 6.85. The summed E-state index contributed by atoms with van der Waals surface area (Å²) in [6.45, 7) is 3.24. The molecule has 1 aliphatic carbocycles. The van der Waals surface area contributed by atoms with Gasteiger partial charge in [-0.2, -0.15) is 0 Å². The summed E-state index contributed by atoms with van der Waals surface area (Å²) < 4.78 is 39.3. The highest BCUT2D eigenvalue weighted by molar-refractivity contribution is 5.95. The molecule has 0 spiro atoms. The van der Waals surface area contributed by atoms with Gasteiger partial charge in [0.1, 0.15) is 0 Å². The molecule has 1 aromatic rings. The third-order valence-corrected chi connectivity index (χ3v) is 4.05. The van der Waals surface area contributed by atoms with Crippen LogP contribution in [0.15, 0.2) is 24.8 Å². The van der Waals surface area contributed by atoms with Gasteiger partial charge in [-0.05, 0) is 31.4 Å². The summed E-state index contributed by atoms with van der Waals surface area (Å²) in [5.74, 6) is -5.47. The zero-order valence-electron chi connectivity index (χ0n) is 12.4. The average molecular weight is 326 g/mol. The Kier molecular flexibility index (Phi) is 5.08. The highest BCUT2D eigenvalue weighted by atomic mass is 19.2. The van der Waals surface area contributed by atoms with E-state index in [1.165, 1.54) is 0 Å². The van der Waals surface area contributed by atoms with Gasteiger partial charge in [0, 0.05) is 0 Å². The summed E-state index contributed by atoms with van der Waals surface area (Å²) in [5.41, 5.74) is -0.998. The van der Waals surface area contributed by atoms with Crippen molar-refractivity contribution in [2.45, 2.75) is 25.7 Å². The first kappa shape index (κ1) is 17.1. The van der Waals surface area contributed by atoms with Crippen molar-refractivity contribution in [2.24, 2.45) is 5.41 Å². The average Bonchev–Trinajstić information content (AvgIpc) is 2.49. The number of carbonyl (C=O) groups excluding carboxylic acids is 2. The number of hydrogen-bond acceptors (Lipinski definition) is 2. The first-order valence-corrected chi connectivity index (χ1v) is 7.22. The van der Waals surface area contributed by atoms with Crippen LogP contribution in [0.25, 0.3) is 0 Å². The number of hydrogen-bond donors (Lipinski definition) is 2. The minimum atomic E-state index is -1.66. The van der Waals surface area contributed by atoms with Crippen molar-refractivity contribution in [3.8, 4) is 0 Å². The van der Waals surface area contributed by atoms with Crippen LogP contribution in [0.1, 0.15) is 25.7 Å². The molecule has 124 valence electrons. The van der Waals surface area contributed by atoms with Crippen LogP contribution in [0.2, 0.25) is 0 Å². The van der Waals surface area contributed by atoms with E-state index in [0.29, 0.717) is 12.5 Å². The van der Waals surface area contributed by atoms with Crippen molar-refractivity contribution in [3.63, 3.8) is 0 Å². The van der Waals surface area contributed by atoms with E-state index in [-0.39, 0.29) is 12.5 Å². The van der Waals surface area contributed by atoms with Crippen molar-refractivity contribution < 1.29 is 22.8 Å². The van der Waals surface area contributed by atoms with Crippen LogP contribution in [0.3, 0.4) is 0 Å². The molecule has 4 nitrogen and oxygen atoms in total. The van der Waals surface area contributed by atoms with Gasteiger partial charge >= 0.3 is 0 Å². The number of nitrogens with one attached hydrogen (secondary N) is 2. The Hall–Kier alpha value is -2.31. The quantitative estimate of drug-likeness (QED) is 0.624. The molecular formula is C16H17F3N2O2. The molecule has 23 heavy (non-hydrogen) atoms. The molecule has 0 aromatic heterocycles. The first-order valence-electron chi connectivity index (χ1n) is 7.22. The molecule has 0 heterocycles. The maximum atomic E-state index is 13.4. The number of allylic oxidation sites excluding steroid dienone is 1. The van der Waals surface area contributed by atoms with Gasteiger partial charge in [0.05, 0.1) is 17.6 Å². The smallest absolute Gasteiger partial charge is 0.243 e. The van der Waals surface area contributed by atoms with Crippen LogP contribution >= 0.6 is 0 Å². The van der Waals surface area contributed by atoms with Gasteiger partial charge < -0.3 is 10.6 Å². The molecule has 0 unspecified atom stereocenters. The second-order valence-electron chi connectivity index (χ2n) is 5.58. The van der Waals surface area contributed by atoms with E-state index in [9.17, 15) is 22.8 Å². The molecule has 7 heteroatoms. The highest BCUT2D eigenvalue weighted by Crippen LogP contribution is 2.44. The molecule has 2 amide bonds. The molecule has 0 aliphatic heterocycles. The fraction of sp³-hybridized carbons (Fsp3) is 0.375. The van der Waals surface area contributed by atoms with Gasteiger partial charge in [-0.25, -0.2) is 13.2 Å². The van der Waals surface area contributed by atoms with Crippen LogP contribution in [0, 0.1) is 22.9 Å². The monoisotopic (exact) mass is 326 g/mol. The molecule has 1 saturated carbocycles. The van der Waals surface area contributed by atoms with E-state index in [1.54, 1.807) is 6.08 Å². The Bertz CT molecular complexity index is 642. The molecule has 1 aliphatic rings. The lowest BCUT2D eigenvalue weighted by atomic mass is 9.66. The Morgan fingerprint density at radius 2 is 1.91 bits per heavy atom. The minimum absolute atomic E-state index is 0.260. The molecule has 0 saturated heterocycles. The van der Waals surface area contributed by atoms with Gasteiger partial charge in [0.25, 0.3) is 0 Å². The Morgan fingerprint density at radius 1 is 1.22 bits per heavy atom. The number of benzene rings is 1. The third-order valence-electron chi connectivity index (χ3n) is 4.05. The molecular weight excluding hydrogens is 309 g/mol. The largest absolute Gasteiger partial charge is 0.347 e. The summed E-state index contributed by atoms with van der Waals surface area (Å²) >= 11 is 0. The fourth-order valence-corrected chi connectivity index (χ4v) is 2.57. The first-order chi connectivity index (χ1) is 10.9. The summed E-state index contributed by atoms with van der Waals surface area (Å²) in [4.78, 5) is 23.9. The Labute approximate surface area is 131 Å². The summed E-state index contributed by atoms with van der Waals surface area (Å²) in [6, 6.07) is 1.62. The van der Waals surface area contributed by atoms with Crippen molar-refractivity contribution in [3.05, 3.63) is 42.2 Å². The summed E-state index contributed by atoms with van der Waals surface area (Å²) in [5, 5.41) is 4.58. The predicted molar refractivity (Wildman–Crippen MR) is 79.1 cm³/mol. The van der Waals surface area contributed by atoms with Crippen LogP contribution in [-0.2, 0) is 9.59 Å². The lowest BCUT2D eigenvalue weighted by Gasteiger charge is -2.39. The Balaban J connectivity index is 1.92. The van der Waals surface area contributed by atoms with Crippen molar-refractivity contribution in [2.75, 3.05) is 11.9 Å². The Morgan fingerprint density at radius 3 is 2.48 bits per heavy atom. The van der Waals surface area contributed by atoms with Crippen LogP contribution in [0.5, 0.6) is 0 Å². The van der Waals surface area contributed by atoms with Crippen molar-refractivity contribution in [1.82, 2.24) is 5.32 Å². The predicted octanol–water partition coefficient (Wildman–Crippen LogP) is 2.91. The lowest BCUT2D eigenvalue weighted by molar-refractivity contribution is -0.136. The third kappa shape index (κ3) is 3.55. The van der Waals surface area contributed by atoms with E-state index >= 15 is 0 Å². The minimum Gasteiger partial charge on any atom is -0.347 e. The molecule has 0 radical (unpaired) electrons. The number of halogens is 3. The van der Waals surface area contributed by atoms with E-state index in [2.05, 4.69) is 17.2 Å². The molecule has 2 rings (SSSR count). The maximum absolute atomic E-state index is 13.4. The van der Waals surface area contributed by atoms with Crippen LogP contribution in [0.4, 0.5) is 18.9 Å². The van der Waals surface area contributed by atoms with Gasteiger partial charge in [-0.15, -0.1) is 6.58 Å². The molecule has 0 bridgehead atoms. The summed E-state index contributed by atoms with van der Waals surface area (Å²) in [6.07, 6.45) is 4.58. The van der Waals surface area contributed by atoms with Gasteiger partial charge in [0.2, 0.25) is 11.8 Å². The number of anilines is 1. The lowest BCUT2D eigenvalue weighted by Crippen LogP contribution is -2.47. The van der Waals surface area contributed by atoms with Gasteiger partial charge in [0.15, 0.2) is 17.5 Å². The second-order valence-corrected chi connectivity index (χ2v) is 5.58. The fourth-order valence-electron chi connectivity index (χ4n) is 2.57. The van der Waals surface area contributed by atoms with E-state index in [4.69, 9.17) is 0 Å². The van der Waals surface area contributed by atoms with Crippen molar-refractivity contribution >= 4 is 17.5 Å². The topological polar surface area (TPSA) is 58.2 Å². The van der Waals surface area contributed by atoms with Gasteiger partial charge in [-0.1, -0.05) is 12.5 Å². The van der Waals surface area contributed by atoms with Crippen LogP contribution < -0.4 is 10.6 Å². The SMILES string of the molecule is C=CCC1(C(=O)NCC(=O)Nc2ccc(F)c(F)c2F)CCC1. The van der Waals surface area contributed by atoms with Gasteiger partial charge in [-0.3, -0.25) is 9.59 Å². The molecule has 1 aromatic carbocycles. The molecule has 1 fully saturated rings. The number of amides is 2. The zero-order chi connectivity index (χ0) is 17.0. The zero-order valence-corrected chi connectivity index (χ0v) is 12.4. The standard InChI is InChI=1S/C16H17F3N2O2/c1-2-6-16(7-3-8-16)15(23)20-9-12(22)21-11-5-4-10(17)13(18)14(11)19/h2,4-5H,1,3,6-9H2,(H,20,23)(H,21,22). The van der Waals surface area contributed by atoms with E-state index < -0.39 is 34.5 Å². The summed E-state index contributed by atoms with van der Waals surface area (Å²) in [7, 11) is 0. The number of carbonyl (C=O) groups is 2. The van der Waals surface area contributed by atoms with E-state index in [0.717, 1.165) is 25.3 Å². The number of rotatable bonds is 6. The van der Waals surface area contributed by atoms with Crippen molar-refractivity contribution in [1.29, 1.82) is 0 Å². The molecule has 2 N–H and O–H groups in total. The normalized spacial score (nSPS) is 15.4. The molecule has 0 atom stereocenters. The highest BCUT2D eigenvalue weighted by Gasteiger charge is 2.42. The maximum Gasteiger partial charge on any atom is 0.243 e. The van der Waals surface area contributed by atoms with Crippen LogP contribution in [-0.4, -0.2) is 18.4 Å².